The zero-order chi connectivity index (χ0) is 13.8. The van der Waals surface area contributed by atoms with E-state index in [-0.39, 0.29) is 12.2 Å². The highest BCUT2D eigenvalue weighted by Crippen LogP contribution is 2.28. The van der Waals surface area contributed by atoms with Crippen LogP contribution >= 0.6 is 0 Å². The number of ether oxygens (including phenoxy) is 2. The molecule has 0 saturated heterocycles. The summed E-state index contributed by atoms with van der Waals surface area (Å²) >= 11 is 0. The molecule has 2 aromatic carbocycles. The molecular formula is C15H14F2O2. The van der Waals surface area contributed by atoms with Crippen LogP contribution in [0, 0.1) is 18.6 Å². The highest BCUT2D eigenvalue weighted by atomic mass is 19.1. The van der Waals surface area contributed by atoms with E-state index in [0.717, 1.165) is 23.8 Å². The highest BCUT2D eigenvalue weighted by Gasteiger charge is 2.08. The first-order valence-corrected chi connectivity index (χ1v) is 5.81. The average molecular weight is 264 g/mol. The fraction of sp³-hybridized carbons (Fsp3) is 0.200. The molecule has 0 heterocycles. The first kappa shape index (κ1) is 13.3. The second-order valence-corrected chi connectivity index (χ2v) is 4.18. The van der Waals surface area contributed by atoms with Gasteiger partial charge in [0.15, 0.2) is 11.5 Å². The van der Waals surface area contributed by atoms with Crippen LogP contribution in [-0.2, 0) is 6.61 Å². The molecule has 4 heteroatoms. The molecule has 0 amide bonds. The first-order chi connectivity index (χ1) is 9.10. The predicted octanol–water partition coefficient (Wildman–Crippen LogP) is 3.86. The lowest BCUT2D eigenvalue weighted by Crippen LogP contribution is -2.01. The van der Waals surface area contributed by atoms with E-state index in [1.54, 1.807) is 6.07 Å². The van der Waals surface area contributed by atoms with E-state index in [0.29, 0.717) is 11.5 Å². The zero-order valence-electron chi connectivity index (χ0n) is 10.7. The van der Waals surface area contributed by atoms with E-state index in [4.69, 9.17) is 9.47 Å². The average Bonchev–Trinajstić information content (AvgIpc) is 2.40. The SMILES string of the molecule is COc1cc(C)ccc1OCc1cc(F)ccc1F. The predicted molar refractivity (Wildman–Crippen MR) is 68.4 cm³/mol. The summed E-state index contributed by atoms with van der Waals surface area (Å²) in [6, 6.07) is 8.70. The van der Waals surface area contributed by atoms with E-state index < -0.39 is 11.6 Å². The molecule has 0 aromatic heterocycles. The lowest BCUT2D eigenvalue weighted by atomic mass is 10.2. The van der Waals surface area contributed by atoms with E-state index in [1.807, 2.05) is 19.1 Å². The molecule has 0 aliphatic rings. The summed E-state index contributed by atoms with van der Waals surface area (Å²) in [5.41, 5.74) is 1.20. The Morgan fingerprint density at radius 3 is 2.53 bits per heavy atom. The van der Waals surface area contributed by atoms with E-state index >= 15 is 0 Å². The summed E-state index contributed by atoms with van der Waals surface area (Å²) in [6.45, 7) is 1.88. The Bertz CT molecular complexity index is 582. The second-order valence-electron chi connectivity index (χ2n) is 4.18. The topological polar surface area (TPSA) is 18.5 Å². The van der Waals surface area contributed by atoms with Crippen molar-refractivity contribution in [1.82, 2.24) is 0 Å². The molecule has 0 radical (unpaired) electrons. The van der Waals surface area contributed by atoms with Crippen molar-refractivity contribution in [2.75, 3.05) is 7.11 Å². The Balaban J connectivity index is 2.16. The minimum Gasteiger partial charge on any atom is -0.493 e. The number of rotatable bonds is 4. The minimum absolute atomic E-state index is 0.0526. The van der Waals surface area contributed by atoms with Crippen LogP contribution in [0.2, 0.25) is 0 Å². The molecule has 0 saturated carbocycles. The molecule has 0 N–H and O–H groups in total. The van der Waals surface area contributed by atoms with Crippen molar-refractivity contribution in [3.8, 4) is 11.5 Å². The van der Waals surface area contributed by atoms with E-state index in [9.17, 15) is 8.78 Å². The van der Waals surface area contributed by atoms with Crippen molar-refractivity contribution in [1.29, 1.82) is 0 Å². The van der Waals surface area contributed by atoms with Gasteiger partial charge in [-0.3, -0.25) is 0 Å². The lowest BCUT2D eigenvalue weighted by molar-refractivity contribution is 0.279. The first-order valence-electron chi connectivity index (χ1n) is 5.81. The highest BCUT2D eigenvalue weighted by molar-refractivity contribution is 5.42. The second kappa shape index (κ2) is 5.69. The summed E-state index contributed by atoms with van der Waals surface area (Å²) in [6.07, 6.45) is 0. The molecule has 2 nitrogen and oxygen atoms in total. The fourth-order valence-corrected chi connectivity index (χ4v) is 1.70. The van der Waals surface area contributed by atoms with Crippen LogP contribution in [-0.4, -0.2) is 7.11 Å². The molecule has 19 heavy (non-hydrogen) atoms. The van der Waals surface area contributed by atoms with Crippen molar-refractivity contribution in [3.63, 3.8) is 0 Å². The van der Waals surface area contributed by atoms with Gasteiger partial charge in [0.05, 0.1) is 7.11 Å². The van der Waals surface area contributed by atoms with Crippen molar-refractivity contribution in [2.24, 2.45) is 0 Å². The molecule has 0 spiro atoms. The Morgan fingerprint density at radius 2 is 1.79 bits per heavy atom. The molecule has 0 unspecified atom stereocenters. The van der Waals surface area contributed by atoms with Crippen LogP contribution in [0.5, 0.6) is 11.5 Å². The number of methoxy groups -OCH3 is 1. The van der Waals surface area contributed by atoms with Gasteiger partial charge in [0.1, 0.15) is 18.2 Å². The molecule has 100 valence electrons. The summed E-state index contributed by atoms with van der Waals surface area (Å²) < 4.78 is 37.1. The van der Waals surface area contributed by atoms with Crippen molar-refractivity contribution in [3.05, 3.63) is 59.2 Å². The third-order valence-electron chi connectivity index (χ3n) is 2.71. The Hall–Kier alpha value is -2.10. The van der Waals surface area contributed by atoms with Gasteiger partial charge in [-0.15, -0.1) is 0 Å². The number of halogens is 2. The van der Waals surface area contributed by atoms with Gasteiger partial charge in [0.25, 0.3) is 0 Å². The van der Waals surface area contributed by atoms with Gasteiger partial charge >= 0.3 is 0 Å². The van der Waals surface area contributed by atoms with Crippen LogP contribution < -0.4 is 9.47 Å². The monoisotopic (exact) mass is 264 g/mol. The van der Waals surface area contributed by atoms with Gasteiger partial charge in [0, 0.05) is 5.56 Å². The number of hydrogen-bond donors (Lipinski definition) is 0. The van der Waals surface area contributed by atoms with Gasteiger partial charge in [-0.2, -0.15) is 0 Å². The van der Waals surface area contributed by atoms with Crippen LogP contribution in [0.15, 0.2) is 36.4 Å². The van der Waals surface area contributed by atoms with E-state index in [2.05, 4.69) is 0 Å². The summed E-state index contributed by atoms with van der Waals surface area (Å²) in [5.74, 6) is 0.0805. The van der Waals surface area contributed by atoms with Crippen LogP contribution in [0.1, 0.15) is 11.1 Å². The summed E-state index contributed by atoms with van der Waals surface area (Å²) in [5, 5.41) is 0. The fourth-order valence-electron chi connectivity index (χ4n) is 1.70. The van der Waals surface area contributed by atoms with Gasteiger partial charge in [0.2, 0.25) is 0 Å². The molecule has 0 aliphatic heterocycles. The maximum Gasteiger partial charge on any atom is 0.161 e. The van der Waals surface area contributed by atoms with Crippen LogP contribution in [0.4, 0.5) is 8.78 Å². The lowest BCUT2D eigenvalue weighted by Gasteiger charge is -2.11. The normalized spacial score (nSPS) is 10.3. The zero-order valence-corrected chi connectivity index (χ0v) is 10.7. The van der Waals surface area contributed by atoms with Crippen molar-refractivity contribution >= 4 is 0 Å². The largest absolute Gasteiger partial charge is 0.493 e. The summed E-state index contributed by atoms with van der Waals surface area (Å²) in [7, 11) is 1.53. The van der Waals surface area contributed by atoms with Crippen molar-refractivity contribution in [2.45, 2.75) is 13.5 Å². The van der Waals surface area contributed by atoms with Gasteiger partial charge in [-0.05, 0) is 42.8 Å². The smallest absolute Gasteiger partial charge is 0.161 e. The number of hydrogen-bond acceptors (Lipinski definition) is 2. The Kier molecular flexibility index (Phi) is 4.00. The molecule has 2 rings (SSSR count). The maximum atomic E-state index is 13.4. The van der Waals surface area contributed by atoms with Crippen molar-refractivity contribution < 1.29 is 18.3 Å². The van der Waals surface area contributed by atoms with E-state index in [1.165, 1.54) is 7.11 Å². The Labute approximate surface area is 110 Å². The molecule has 0 atom stereocenters. The van der Waals surface area contributed by atoms with Crippen LogP contribution in [0.3, 0.4) is 0 Å². The van der Waals surface area contributed by atoms with Gasteiger partial charge in [-0.25, -0.2) is 8.78 Å². The van der Waals surface area contributed by atoms with Crippen LogP contribution in [0.25, 0.3) is 0 Å². The van der Waals surface area contributed by atoms with Gasteiger partial charge in [-0.1, -0.05) is 6.07 Å². The standard InChI is InChI=1S/C15H14F2O2/c1-10-3-6-14(15(7-10)18-2)19-9-11-8-12(16)4-5-13(11)17/h3-8H,9H2,1-2H3. The molecular weight excluding hydrogens is 250 g/mol. The quantitative estimate of drug-likeness (QED) is 0.834. The Morgan fingerprint density at radius 1 is 1.00 bits per heavy atom. The maximum absolute atomic E-state index is 13.4. The third kappa shape index (κ3) is 3.22. The molecule has 0 fully saturated rings. The molecule has 0 bridgehead atoms. The number of aryl methyl sites for hydroxylation is 1. The third-order valence-corrected chi connectivity index (χ3v) is 2.71. The molecule has 0 aliphatic carbocycles. The summed E-state index contributed by atoms with van der Waals surface area (Å²) in [4.78, 5) is 0. The number of benzene rings is 2. The van der Waals surface area contributed by atoms with Gasteiger partial charge < -0.3 is 9.47 Å². The minimum atomic E-state index is -0.493. The molecule has 2 aromatic rings.